The monoisotopic (exact) mass is 280 g/mol. The number of amides is 2. The number of furan rings is 1. The molecule has 1 aliphatic carbocycles. The van der Waals surface area contributed by atoms with E-state index in [0.29, 0.717) is 12.2 Å². The van der Waals surface area contributed by atoms with Crippen molar-refractivity contribution in [3.63, 3.8) is 0 Å². The molecule has 1 aliphatic rings. The minimum atomic E-state index is -0.685. The van der Waals surface area contributed by atoms with Crippen LogP contribution in [0.1, 0.15) is 50.9 Å². The van der Waals surface area contributed by atoms with Crippen LogP contribution in [-0.4, -0.2) is 23.7 Å². The first-order valence-electron chi connectivity index (χ1n) is 7.41. The molecule has 1 fully saturated rings. The number of aliphatic hydroxyl groups excluding tert-OH is 1. The lowest BCUT2D eigenvalue weighted by molar-refractivity contribution is 0.129. The molecule has 1 aromatic rings. The summed E-state index contributed by atoms with van der Waals surface area (Å²) in [6.45, 7) is 2.60. The molecular formula is C15H24N2O3. The van der Waals surface area contributed by atoms with Gasteiger partial charge in [-0.3, -0.25) is 0 Å². The Morgan fingerprint density at radius 3 is 2.95 bits per heavy atom. The van der Waals surface area contributed by atoms with E-state index in [4.69, 9.17) is 4.42 Å². The molecule has 5 heteroatoms. The van der Waals surface area contributed by atoms with Gasteiger partial charge in [0.05, 0.1) is 6.26 Å². The number of hydrogen-bond donors (Lipinski definition) is 3. The summed E-state index contributed by atoms with van der Waals surface area (Å²) in [5.41, 5.74) is 0. The van der Waals surface area contributed by atoms with Gasteiger partial charge in [0.25, 0.3) is 0 Å². The second-order valence-electron chi connectivity index (χ2n) is 5.65. The van der Waals surface area contributed by atoms with Crippen LogP contribution in [0, 0.1) is 5.92 Å². The number of rotatable bonds is 7. The van der Waals surface area contributed by atoms with E-state index in [1.165, 1.54) is 25.5 Å². The summed E-state index contributed by atoms with van der Waals surface area (Å²) in [6, 6.07) is 3.20. The van der Waals surface area contributed by atoms with E-state index in [1.807, 2.05) is 6.92 Å². The topological polar surface area (TPSA) is 74.5 Å². The van der Waals surface area contributed by atoms with E-state index in [0.717, 1.165) is 18.9 Å². The van der Waals surface area contributed by atoms with Gasteiger partial charge in [0.1, 0.15) is 11.9 Å². The van der Waals surface area contributed by atoms with Crippen molar-refractivity contribution in [2.24, 2.45) is 5.92 Å². The van der Waals surface area contributed by atoms with Crippen LogP contribution in [0.25, 0.3) is 0 Å². The zero-order chi connectivity index (χ0) is 14.4. The largest absolute Gasteiger partial charge is 0.467 e. The number of hydrogen-bond acceptors (Lipinski definition) is 3. The number of carbonyl (C=O) groups excluding carboxylic acids is 1. The highest BCUT2D eigenvalue weighted by molar-refractivity contribution is 5.74. The number of urea groups is 1. The Labute approximate surface area is 119 Å². The number of aliphatic hydroxyl groups is 1. The molecule has 2 amide bonds. The van der Waals surface area contributed by atoms with Crippen molar-refractivity contribution < 1.29 is 14.3 Å². The fourth-order valence-electron chi connectivity index (χ4n) is 2.44. The summed E-state index contributed by atoms with van der Waals surface area (Å²) in [5.74, 6) is 1.33. The van der Waals surface area contributed by atoms with Crippen LogP contribution in [0.3, 0.4) is 0 Å². The van der Waals surface area contributed by atoms with Crippen LogP contribution in [0.4, 0.5) is 4.79 Å². The van der Waals surface area contributed by atoms with Crippen molar-refractivity contribution in [3.8, 4) is 0 Å². The first-order valence-corrected chi connectivity index (χ1v) is 7.41. The minimum Gasteiger partial charge on any atom is -0.467 e. The molecule has 0 unspecified atom stereocenters. The quantitative estimate of drug-likeness (QED) is 0.718. The summed E-state index contributed by atoms with van der Waals surface area (Å²) < 4.78 is 5.13. The smallest absolute Gasteiger partial charge is 0.314 e. The average Bonchev–Trinajstić information content (AvgIpc) is 2.85. The maximum atomic E-state index is 11.7. The van der Waals surface area contributed by atoms with Crippen molar-refractivity contribution in [2.75, 3.05) is 6.54 Å². The lowest BCUT2D eigenvalue weighted by Gasteiger charge is -2.25. The van der Waals surface area contributed by atoms with Crippen LogP contribution < -0.4 is 10.6 Å². The van der Waals surface area contributed by atoms with Crippen molar-refractivity contribution in [1.29, 1.82) is 0 Å². The fraction of sp³-hybridized carbons (Fsp3) is 0.667. The third-order valence-corrected chi connectivity index (χ3v) is 3.89. The van der Waals surface area contributed by atoms with Crippen molar-refractivity contribution in [2.45, 2.75) is 51.2 Å². The Bertz CT molecular complexity index is 401. The van der Waals surface area contributed by atoms with Crippen LogP contribution in [0.2, 0.25) is 0 Å². The zero-order valence-electron chi connectivity index (χ0n) is 12.0. The molecule has 0 spiro atoms. The number of nitrogens with one attached hydrogen (secondary N) is 2. The fourth-order valence-corrected chi connectivity index (χ4v) is 2.44. The van der Waals surface area contributed by atoms with Gasteiger partial charge in [-0.05, 0) is 31.4 Å². The first kappa shape index (κ1) is 14.9. The second-order valence-corrected chi connectivity index (χ2v) is 5.65. The van der Waals surface area contributed by atoms with Gasteiger partial charge in [0.2, 0.25) is 0 Å². The molecule has 1 aromatic heterocycles. The third kappa shape index (κ3) is 4.56. The summed E-state index contributed by atoms with van der Waals surface area (Å²) in [4.78, 5) is 11.7. The second kappa shape index (κ2) is 7.33. The lowest BCUT2D eigenvalue weighted by Crippen LogP contribution is -2.42. The highest BCUT2D eigenvalue weighted by Gasteiger charge is 2.18. The van der Waals surface area contributed by atoms with E-state index >= 15 is 0 Å². The highest BCUT2D eigenvalue weighted by Crippen LogP contribution is 2.28. The van der Waals surface area contributed by atoms with Crippen LogP contribution in [0.15, 0.2) is 22.8 Å². The molecule has 0 aliphatic heterocycles. The predicted octanol–water partition coefficient (Wildman–Crippen LogP) is 2.58. The van der Waals surface area contributed by atoms with E-state index in [1.54, 1.807) is 12.1 Å². The molecular weight excluding hydrogens is 256 g/mol. The summed E-state index contributed by atoms with van der Waals surface area (Å²) in [7, 11) is 0. The van der Waals surface area contributed by atoms with Crippen molar-refractivity contribution in [3.05, 3.63) is 24.2 Å². The molecule has 2 atom stereocenters. The molecule has 2 rings (SSSR count). The van der Waals surface area contributed by atoms with E-state index in [9.17, 15) is 9.90 Å². The van der Waals surface area contributed by atoms with E-state index < -0.39 is 6.10 Å². The summed E-state index contributed by atoms with van der Waals surface area (Å²) in [5, 5.41) is 15.6. The van der Waals surface area contributed by atoms with Gasteiger partial charge in [0, 0.05) is 19.0 Å². The first-order chi connectivity index (χ1) is 9.65. The van der Waals surface area contributed by atoms with Gasteiger partial charge in [0.15, 0.2) is 0 Å². The van der Waals surface area contributed by atoms with Gasteiger partial charge in [-0.25, -0.2) is 4.79 Å². The van der Waals surface area contributed by atoms with Crippen LogP contribution in [0.5, 0.6) is 0 Å². The normalized spacial score (nSPS) is 18.1. The Hall–Kier alpha value is -1.49. The SMILES string of the molecule is C[C@@H](C[C@H](O)c1ccco1)NC(=O)NCCC1CCC1. The van der Waals surface area contributed by atoms with E-state index in [2.05, 4.69) is 10.6 Å². The molecule has 3 N–H and O–H groups in total. The van der Waals surface area contributed by atoms with Gasteiger partial charge in [-0.2, -0.15) is 0 Å². The molecule has 0 saturated heterocycles. The Balaban J connectivity index is 1.60. The Morgan fingerprint density at radius 2 is 2.35 bits per heavy atom. The highest BCUT2D eigenvalue weighted by atomic mass is 16.4. The molecule has 0 radical (unpaired) electrons. The molecule has 0 bridgehead atoms. The summed E-state index contributed by atoms with van der Waals surface area (Å²) in [6.07, 6.45) is 6.28. The van der Waals surface area contributed by atoms with Crippen molar-refractivity contribution >= 4 is 6.03 Å². The predicted molar refractivity (Wildman–Crippen MR) is 76.2 cm³/mol. The molecule has 5 nitrogen and oxygen atoms in total. The maximum absolute atomic E-state index is 11.7. The maximum Gasteiger partial charge on any atom is 0.314 e. The van der Waals surface area contributed by atoms with Gasteiger partial charge >= 0.3 is 6.03 Å². The zero-order valence-corrected chi connectivity index (χ0v) is 12.0. The Kier molecular flexibility index (Phi) is 5.47. The molecule has 1 heterocycles. The standard InChI is InChI=1S/C15H24N2O3/c1-11(10-13(18)14-6-3-9-20-14)17-15(19)16-8-7-12-4-2-5-12/h3,6,9,11-13,18H,2,4-5,7-8,10H2,1H3,(H2,16,17,19)/t11-,13-/m0/s1. The number of carbonyl (C=O) groups is 1. The van der Waals surface area contributed by atoms with Crippen LogP contribution in [-0.2, 0) is 0 Å². The summed E-state index contributed by atoms with van der Waals surface area (Å²) >= 11 is 0. The Morgan fingerprint density at radius 1 is 1.55 bits per heavy atom. The lowest BCUT2D eigenvalue weighted by atomic mass is 9.83. The minimum absolute atomic E-state index is 0.112. The van der Waals surface area contributed by atoms with Crippen LogP contribution >= 0.6 is 0 Å². The van der Waals surface area contributed by atoms with Gasteiger partial charge in [-0.1, -0.05) is 19.3 Å². The third-order valence-electron chi connectivity index (χ3n) is 3.89. The van der Waals surface area contributed by atoms with Gasteiger partial charge < -0.3 is 20.2 Å². The molecule has 0 aromatic carbocycles. The molecule has 112 valence electrons. The van der Waals surface area contributed by atoms with Gasteiger partial charge in [-0.15, -0.1) is 0 Å². The molecule has 20 heavy (non-hydrogen) atoms. The molecule has 1 saturated carbocycles. The van der Waals surface area contributed by atoms with E-state index in [-0.39, 0.29) is 12.1 Å². The van der Waals surface area contributed by atoms with Crippen molar-refractivity contribution in [1.82, 2.24) is 10.6 Å². The average molecular weight is 280 g/mol.